The second-order valence-corrected chi connectivity index (χ2v) is 16.2. The van der Waals surface area contributed by atoms with Crippen LogP contribution in [0.3, 0.4) is 0 Å². The fourth-order valence-electron chi connectivity index (χ4n) is 6.96. The third kappa shape index (κ3) is 13.9. The molecule has 0 N–H and O–H groups in total. The Bertz CT molecular complexity index is 2210. The standard InChI is InChI=1S/C31H33N.C26H35N/c1-6-8-10-29(9-7-2)32(31-22-13-25(4)23-26(31)5)30-20-18-28(19-21-30)17-16-27-14-11-24(3)12-15-27;1-8-24(13-9-19(2)3)27(25-15-11-23(12-16-25)20(4)5)26-14-10-21(6)17-22(7)18-26/h7-23H,2,6H2,1,3-5H3;8-20,26H,1-7H3/b10-8-,17-16+,29-9+;13-9-,24-8+. The first-order valence-electron chi connectivity index (χ1n) is 21.3. The van der Waals surface area contributed by atoms with Gasteiger partial charge in [0.1, 0.15) is 0 Å². The van der Waals surface area contributed by atoms with Gasteiger partial charge in [-0.25, -0.2) is 0 Å². The zero-order valence-electron chi connectivity index (χ0n) is 37.7. The summed E-state index contributed by atoms with van der Waals surface area (Å²) in [5, 5.41) is 0. The maximum Gasteiger partial charge on any atom is 0.0714 e. The van der Waals surface area contributed by atoms with Gasteiger partial charge in [-0.1, -0.05) is 185 Å². The van der Waals surface area contributed by atoms with E-state index in [9.17, 15) is 0 Å². The molecule has 59 heavy (non-hydrogen) atoms. The summed E-state index contributed by atoms with van der Waals surface area (Å²) in [4.78, 5) is 4.73. The highest BCUT2D eigenvalue weighted by Crippen LogP contribution is 2.34. The number of aryl methyl sites for hydroxylation is 3. The van der Waals surface area contributed by atoms with Gasteiger partial charge in [-0.05, 0) is 131 Å². The summed E-state index contributed by atoms with van der Waals surface area (Å²) in [6.07, 6.45) is 29.4. The van der Waals surface area contributed by atoms with Crippen LogP contribution in [0.1, 0.15) is 101 Å². The molecular weight excluding hydrogens is 713 g/mol. The predicted molar refractivity (Wildman–Crippen MR) is 264 cm³/mol. The van der Waals surface area contributed by atoms with E-state index in [4.69, 9.17) is 0 Å². The number of hydrogen-bond acceptors (Lipinski definition) is 2. The molecule has 0 saturated carbocycles. The van der Waals surface area contributed by atoms with E-state index in [-0.39, 0.29) is 6.04 Å². The van der Waals surface area contributed by atoms with Crippen LogP contribution in [-0.2, 0) is 0 Å². The van der Waals surface area contributed by atoms with Gasteiger partial charge >= 0.3 is 0 Å². The second kappa shape index (κ2) is 22.9. The van der Waals surface area contributed by atoms with Crippen LogP contribution in [-0.4, -0.2) is 6.04 Å². The number of allylic oxidation sites excluding steroid dienone is 11. The second-order valence-electron chi connectivity index (χ2n) is 16.2. The molecule has 0 heterocycles. The van der Waals surface area contributed by atoms with Crippen molar-refractivity contribution in [3.8, 4) is 0 Å². The lowest BCUT2D eigenvalue weighted by atomic mass is 10.0. The summed E-state index contributed by atoms with van der Waals surface area (Å²) >= 11 is 0. The Morgan fingerprint density at radius 3 is 1.88 bits per heavy atom. The Morgan fingerprint density at radius 2 is 1.32 bits per heavy atom. The molecule has 2 heteroatoms. The van der Waals surface area contributed by atoms with Crippen LogP contribution in [0, 0.1) is 26.7 Å². The summed E-state index contributed by atoms with van der Waals surface area (Å²) in [5.41, 5.74) is 16.0. The van der Waals surface area contributed by atoms with Gasteiger partial charge in [-0.2, -0.15) is 0 Å². The maximum atomic E-state index is 3.94. The topological polar surface area (TPSA) is 6.48 Å². The first kappa shape index (κ1) is 45.8. The minimum atomic E-state index is 0.187. The van der Waals surface area contributed by atoms with Gasteiger partial charge in [-0.3, -0.25) is 0 Å². The zero-order valence-corrected chi connectivity index (χ0v) is 37.7. The Kier molecular flexibility index (Phi) is 17.8. The number of benzene rings is 4. The van der Waals surface area contributed by atoms with Crippen LogP contribution in [0.4, 0.5) is 17.1 Å². The summed E-state index contributed by atoms with van der Waals surface area (Å²) < 4.78 is 0. The molecule has 306 valence electrons. The normalized spacial score (nSPS) is 14.8. The van der Waals surface area contributed by atoms with E-state index in [2.05, 4.69) is 256 Å². The van der Waals surface area contributed by atoms with Crippen molar-refractivity contribution in [2.75, 3.05) is 9.80 Å². The molecule has 1 unspecified atom stereocenters. The first-order chi connectivity index (χ1) is 28.3. The number of hydrogen-bond donors (Lipinski definition) is 0. The number of anilines is 3. The molecule has 1 aliphatic rings. The Balaban J connectivity index is 0.000000265. The van der Waals surface area contributed by atoms with E-state index in [0.29, 0.717) is 11.8 Å². The summed E-state index contributed by atoms with van der Waals surface area (Å²) in [6.45, 7) is 27.9. The molecule has 0 aromatic heterocycles. The zero-order chi connectivity index (χ0) is 42.9. The van der Waals surface area contributed by atoms with Crippen molar-refractivity contribution in [1.82, 2.24) is 0 Å². The van der Waals surface area contributed by atoms with Crippen LogP contribution >= 0.6 is 0 Å². The predicted octanol–water partition coefficient (Wildman–Crippen LogP) is 16.5. The van der Waals surface area contributed by atoms with Gasteiger partial charge in [0.25, 0.3) is 0 Å². The molecule has 0 radical (unpaired) electrons. The highest BCUT2D eigenvalue weighted by atomic mass is 15.2. The molecule has 1 atom stereocenters. The van der Waals surface area contributed by atoms with Gasteiger partial charge in [0.15, 0.2) is 0 Å². The number of nitrogens with zero attached hydrogens (tertiary/aromatic N) is 2. The van der Waals surface area contributed by atoms with Crippen molar-refractivity contribution < 1.29 is 0 Å². The maximum absolute atomic E-state index is 3.94. The highest BCUT2D eigenvalue weighted by molar-refractivity contribution is 5.76. The third-order valence-electron chi connectivity index (χ3n) is 10.2. The van der Waals surface area contributed by atoms with E-state index >= 15 is 0 Å². The quantitative estimate of drug-likeness (QED) is 0.0929. The lowest BCUT2D eigenvalue weighted by molar-refractivity contribution is 0.825. The van der Waals surface area contributed by atoms with Crippen LogP contribution in [0.15, 0.2) is 187 Å². The fourth-order valence-corrected chi connectivity index (χ4v) is 6.96. The van der Waals surface area contributed by atoms with Crippen molar-refractivity contribution in [2.45, 2.75) is 94.5 Å². The lowest BCUT2D eigenvalue weighted by Crippen LogP contribution is -2.31. The van der Waals surface area contributed by atoms with Gasteiger partial charge in [0, 0.05) is 28.5 Å². The van der Waals surface area contributed by atoms with E-state index in [1.807, 2.05) is 6.08 Å². The molecule has 4 aromatic rings. The molecule has 0 spiro atoms. The van der Waals surface area contributed by atoms with E-state index in [0.717, 1.165) is 17.8 Å². The number of rotatable bonds is 14. The Morgan fingerprint density at radius 1 is 0.712 bits per heavy atom. The van der Waals surface area contributed by atoms with Gasteiger partial charge in [0.2, 0.25) is 0 Å². The third-order valence-corrected chi connectivity index (χ3v) is 10.2. The molecule has 1 aliphatic carbocycles. The minimum absolute atomic E-state index is 0.187. The molecule has 0 saturated heterocycles. The van der Waals surface area contributed by atoms with Crippen LogP contribution in [0.25, 0.3) is 12.2 Å². The van der Waals surface area contributed by atoms with Gasteiger partial charge in [-0.15, -0.1) is 0 Å². The Labute approximate surface area is 358 Å². The molecule has 0 bridgehead atoms. The molecular formula is C57H68N2. The summed E-state index contributed by atoms with van der Waals surface area (Å²) in [5.74, 6) is 1.07. The van der Waals surface area contributed by atoms with Crippen molar-refractivity contribution in [3.63, 3.8) is 0 Å². The van der Waals surface area contributed by atoms with Crippen molar-refractivity contribution >= 4 is 29.2 Å². The Hall–Kier alpha value is -5.86. The SMILES string of the molecule is C/C=C(\C=C/C(C)C)N(c1ccc(C(C)C)cc1)C1C=CC(C)=CC(C)=C1.C=C/C=C(\C=C/CC)N(c1ccc(/C=C/c2ccc(C)cc2)cc1)c1ccc(C)cc1C. The monoisotopic (exact) mass is 781 g/mol. The molecule has 5 rings (SSSR count). The van der Waals surface area contributed by atoms with Gasteiger partial charge in [0.05, 0.1) is 6.04 Å². The molecule has 2 nitrogen and oxygen atoms in total. The van der Waals surface area contributed by atoms with Crippen molar-refractivity contribution in [2.24, 2.45) is 5.92 Å². The van der Waals surface area contributed by atoms with E-state index < -0.39 is 0 Å². The van der Waals surface area contributed by atoms with Crippen LogP contribution < -0.4 is 9.80 Å². The summed E-state index contributed by atoms with van der Waals surface area (Å²) in [7, 11) is 0. The first-order valence-corrected chi connectivity index (χ1v) is 21.3. The van der Waals surface area contributed by atoms with Crippen LogP contribution in [0.2, 0.25) is 0 Å². The van der Waals surface area contributed by atoms with E-state index in [1.165, 1.54) is 61.6 Å². The highest BCUT2D eigenvalue weighted by Gasteiger charge is 2.19. The van der Waals surface area contributed by atoms with Gasteiger partial charge < -0.3 is 9.80 Å². The average molecular weight is 781 g/mol. The van der Waals surface area contributed by atoms with Crippen LogP contribution in [0.5, 0.6) is 0 Å². The van der Waals surface area contributed by atoms with E-state index in [1.54, 1.807) is 0 Å². The molecule has 4 aromatic carbocycles. The average Bonchev–Trinajstić information content (AvgIpc) is 3.38. The molecule has 0 aliphatic heterocycles. The fraction of sp³-hybridized carbons (Fsp3) is 0.263. The van der Waals surface area contributed by atoms with Crippen molar-refractivity contribution in [3.05, 3.63) is 220 Å². The van der Waals surface area contributed by atoms with Crippen molar-refractivity contribution in [1.29, 1.82) is 0 Å². The largest absolute Gasteiger partial charge is 0.331 e. The molecule has 0 fully saturated rings. The summed E-state index contributed by atoms with van der Waals surface area (Å²) in [6, 6.07) is 33.1. The lowest BCUT2D eigenvalue weighted by Gasteiger charge is -2.32. The smallest absolute Gasteiger partial charge is 0.0714 e. The minimum Gasteiger partial charge on any atom is -0.331 e. The molecule has 0 amide bonds.